The van der Waals surface area contributed by atoms with E-state index in [9.17, 15) is 0 Å². The second-order valence-corrected chi connectivity index (χ2v) is 3.61. The summed E-state index contributed by atoms with van der Waals surface area (Å²) in [5.41, 5.74) is 0. The molecule has 0 aromatic heterocycles. The third-order valence-electron chi connectivity index (χ3n) is 2.01. The van der Waals surface area contributed by atoms with E-state index < -0.39 is 0 Å². The van der Waals surface area contributed by atoms with Crippen LogP contribution in [0.15, 0.2) is 0 Å². The molecule has 0 radical (unpaired) electrons. The summed E-state index contributed by atoms with van der Waals surface area (Å²) in [6.07, 6.45) is 5.14. The molecular formula is C10H20N2. The highest BCUT2D eigenvalue weighted by atomic mass is 15.1. The lowest BCUT2D eigenvalue weighted by atomic mass is 10.0. The minimum atomic E-state index is 0.568. The van der Waals surface area contributed by atoms with E-state index in [2.05, 4.69) is 44.1 Å². The molecule has 0 fully saturated rings. The SMILES string of the molecule is C#CCNCC(C(C)C)N(C)C. The van der Waals surface area contributed by atoms with Gasteiger partial charge in [0.2, 0.25) is 0 Å². The monoisotopic (exact) mass is 168 g/mol. The van der Waals surface area contributed by atoms with Gasteiger partial charge in [0.05, 0.1) is 6.54 Å². The van der Waals surface area contributed by atoms with Gasteiger partial charge in [-0.3, -0.25) is 0 Å². The molecule has 1 N–H and O–H groups in total. The van der Waals surface area contributed by atoms with Crippen molar-refractivity contribution in [2.24, 2.45) is 5.92 Å². The van der Waals surface area contributed by atoms with Crippen LogP contribution in [-0.2, 0) is 0 Å². The number of likely N-dealkylation sites (N-methyl/N-ethyl adjacent to an activating group) is 1. The summed E-state index contributed by atoms with van der Waals surface area (Å²) in [4.78, 5) is 2.23. The first kappa shape index (κ1) is 11.5. The van der Waals surface area contributed by atoms with Crippen molar-refractivity contribution in [3.05, 3.63) is 0 Å². The number of nitrogens with zero attached hydrogens (tertiary/aromatic N) is 1. The summed E-state index contributed by atoms with van der Waals surface area (Å²) >= 11 is 0. The van der Waals surface area contributed by atoms with E-state index in [0.717, 1.165) is 6.54 Å². The van der Waals surface area contributed by atoms with E-state index >= 15 is 0 Å². The summed E-state index contributed by atoms with van der Waals surface area (Å²) in [6, 6.07) is 0.568. The smallest absolute Gasteiger partial charge is 0.0574 e. The van der Waals surface area contributed by atoms with Crippen molar-refractivity contribution in [1.29, 1.82) is 0 Å². The molecule has 0 saturated carbocycles. The summed E-state index contributed by atoms with van der Waals surface area (Å²) in [7, 11) is 4.20. The summed E-state index contributed by atoms with van der Waals surface area (Å²) in [5, 5.41) is 3.22. The fraction of sp³-hybridized carbons (Fsp3) is 0.800. The van der Waals surface area contributed by atoms with E-state index in [-0.39, 0.29) is 0 Å². The second kappa shape index (κ2) is 6.05. The van der Waals surface area contributed by atoms with Crippen LogP contribution in [0.5, 0.6) is 0 Å². The lowest BCUT2D eigenvalue weighted by Gasteiger charge is -2.27. The lowest BCUT2D eigenvalue weighted by Crippen LogP contribution is -2.41. The molecule has 0 saturated heterocycles. The molecule has 0 aromatic rings. The van der Waals surface area contributed by atoms with Crippen molar-refractivity contribution in [2.45, 2.75) is 19.9 Å². The van der Waals surface area contributed by atoms with Gasteiger partial charge < -0.3 is 10.2 Å². The quantitative estimate of drug-likeness (QED) is 0.482. The Hall–Kier alpha value is -0.520. The third-order valence-corrected chi connectivity index (χ3v) is 2.01. The van der Waals surface area contributed by atoms with Crippen molar-refractivity contribution in [3.8, 4) is 12.3 Å². The Balaban J connectivity index is 3.74. The molecular weight excluding hydrogens is 148 g/mol. The Morgan fingerprint density at radius 2 is 2.00 bits per heavy atom. The minimum Gasteiger partial charge on any atom is -0.305 e. The van der Waals surface area contributed by atoms with E-state index in [1.54, 1.807) is 0 Å². The predicted octanol–water partition coefficient (Wildman–Crippen LogP) is 0.795. The molecule has 0 aliphatic heterocycles. The van der Waals surface area contributed by atoms with Crippen LogP contribution in [0.4, 0.5) is 0 Å². The zero-order valence-corrected chi connectivity index (χ0v) is 8.59. The van der Waals surface area contributed by atoms with Crippen LogP contribution in [0.2, 0.25) is 0 Å². The Kier molecular flexibility index (Phi) is 5.79. The van der Waals surface area contributed by atoms with E-state index in [1.807, 2.05) is 0 Å². The normalized spacial score (nSPS) is 13.4. The van der Waals surface area contributed by atoms with E-state index in [1.165, 1.54) is 0 Å². The van der Waals surface area contributed by atoms with Crippen molar-refractivity contribution in [1.82, 2.24) is 10.2 Å². The van der Waals surface area contributed by atoms with Crippen LogP contribution in [0, 0.1) is 18.3 Å². The predicted molar refractivity (Wildman–Crippen MR) is 54.0 cm³/mol. The topological polar surface area (TPSA) is 15.3 Å². The molecule has 0 bridgehead atoms. The highest BCUT2D eigenvalue weighted by Gasteiger charge is 2.14. The molecule has 2 nitrogen and oxygen atoms in total. The van der Waals surface area contributed by atoms with Crippen LogP contribution in [0.3, 0.4) is 0 Å². The molecule has 0 aromatic carbocycles. The fourth-order valence-corrected chi connectivity index (χ4v) is 1.31. The Morgan fingerprint density at radius 1 is 1.42 bits per heavy atom. The average molecular weight is 168 g/mol. The lowest BCUT2D eigenvalue weighted by molar-refractivity contribution is 0.227. The molecule has 0 spiro atoms. The molecule has 12 heavy (non-hydrogen) atoms. The molecule has 0 rings (SSSR count). The number of nitrogens with one attached hydrogen (secondary N) is 1. The van der Waals surface area contributed by atoms with E-state index in [0.29, 0.717) is 18.5 Å². The van der Waals surface area contributed by atoms with Gasteiger partial charge in [-0.2, -0.15) is 0 Å². The average Bonchev–Trinajstić information content (AvgIpc) is 1.96. The van der Waals surface area contributed by atoms with Crippen LogP contribution in [0.25, 0.3) is 0 Å². The largest absolute Gasteiger partial charge is 0.305 e. The first-order chi connectivity index (χ1) is 5.59. The highest BCUT2D eigenvalue weighted by Crippen LogP contribution is 2.05. The van der Waals surface area contributed by atoms with Crippen LogP contribution in [-0.4, -0.2) is 38.1 Å². The molecule has 0 aliphatic carbocycles. The Bertz CT molecular complexity index is 136. The summed E-state index contributed by atoms with van der Waals surface area (Å²) in [5.74, 6) is 3.23. The maximum atomic E-state index is 5.14. The van der Waals surface area contributed by atoms with Gasteiger partial charge in [-0.15, -0.1) is 6.42 Å². The molecule has 70 valence electrons. The molecule has 0 aliphatic rings. The Morgan fingerprint density at radius 3 is 2.33 bits per heavy atom. The van der Waals surface area contributed by atoms with Gasteiger partial charge in [0.25, 0.3) is 0 Å². The van der Waals surface area contributed by atoms with Crippen LogP contribution >= 0.6 is 0 Å². The molecule has 0 heterocycles. The van der Waals surface area contributed by atoms with Crippen molar-refractivity contribution < 1.29 is 0 Å². The highest BCUT2D eigenvalue weighted by molar-refractivity contribution is 4.87. The first-order valence-electron chi connectivity index (χ1n) is 4.40. The number of hydrogen-bond acceptors (Lipinski definition) is 2. The van der Waals surface area contributed by atoms with Gasteiger partial charge in [0, 0.05) is 12.6 Å². The number of rotatable bonds is 5. The first-order valence-corrected chi connectivity index (χ1v) is 4.40. The standard InChI is InChI=1S/C10H20N2/c1-6-7-11-8-10(9(2)3)12(4)5/h1,9-11H,7-8H2,2-5H3. The summed E-state index contributed by atoms with van der Waals surface area (Å²) in [6.45, 7) is 6.08. The van der Waals surface area contributed by atoms with Gasteiger partial charge in [-0.25, -0.2) is 0 Å². The fourth-order valence-electron chi connectivity index (χ4n) is 1.31. The molecule has 2 heteroatoms. The molecule has 0 amide bonds. The second-order valence-electron chi connectivity index (χ2n) is 3.61. The van der Waals surface area contributed by atoms with Crippen LogP contribution in [0.1, 0.15) is 13.8 Å². The number of terminal acetylenes is 1. The van der Waals surface area contributed by atoms with Gasteiger partial charge in [0.1, 0.15) is 0 Å². The Labute approximate surface area is 76.3 Å². The van der Waals surface area contributed by atoms with E-state index in [4.69, 9.17) is 6.42 Å². The number of hydrogen-bond donors (Lipinski definition) is 1. The third kappa shape index (κ3) is 4.38. The van der Waals surface area contributed by atoms with Gasteiger partial charge in [0.15, 0.2) is 0 Å². The van der Waals surface area contributed by atoms with Crippen molar-refractivity contribution in [3.63, 3.8) is 0 Å². The maximum Gasteiger partial charge on any atom is 0.0574 e. The zero-order valence-electron chi connectivity index (χ0n) is 8.59. The maximum absolute atomic E-state index is 5.14. The van der Waals surface area contributed by atoms with Gasteiger partial charge in [-0.05, 0) is 20.0 Å². The summed E-state index contributed by atoms with van der Waals surface area (Å²) < 4.78 is 0. The molecule has 1 unspecified atom stereocenters. The zero-order chi connectivity index (χ0) is 9.56. The van der Waals surface area contributed by atoms with Crippen LogP contribution < -0.4 is 5.32 Å². The van der Waals surface area contributed by atoms with Gasteiger partial charge in [-0.1, -0.05) is 19.8 Å². The van der Waals surface area contributed by atoms with Crippen molar-refractivity contribution >= 4 is 0 Å². The van der Waals surface area contributed by atoms with Gasteiger partial charge >= 0.3 is 0 Å². The minimum absolute atomic E-state index is 0.568. The van der Waals surface area contributed by atoms with Crippen molar-refractivity contribution in [2.75, 3.05) is 27.2 Å². The molecule has 1 atom stereocenters.